The highest BCUT2D eigenvalue weighted by Gasteiger charge is 2.47. The number of carbonyl (C=O) groups excluding carboxylic acids is 1. The lowest BCUT2D eigenvalue weighted by atomic mass is 9.91. The molecule has 2 aliphatic heterocycles. The Morgan fingerprint density at radius 1 is 1.30 bits per heavy atom. The number of hydrogen-bond acceptors (Lipinski definition) is 4. The largest absolute Gasteiger partial charge is 0.463 e. The van der Waals surface area contributed by atoms with Gasteiger partial charge < -0.3 is 19.4 Å². The summed E-state index contributed by atoms with van der Waals surface area (Å²) in [6.45, 7) is 3.73. The van der Waals surface area contributed by atoms with Crippen LogP contribution in [-0.4, -0.2) is 49.2 Å². The second-order valence-electron chi connectivity index (χ2n) is 5.52. The van der Waals surface area contributed by atoms with Crippen LogP contribution in [0.1, 0.15) is 10.4 Å². The van der Waals surface area contributed by atoms with Gasteiger partial charge in [-0.25, -0.2) is 0 Å². The Labute approximate surface area is 116 Å². The summed E-state index contributed by atoms with van der Waals surface area (Å²) in [6.07, 6.45) is 1.55. The molecule has 3 heterocycles. The van der Waals surface area contributed by atoms with E-state index < -0.39 is 0 Å². The Hall–Kier alpha value is -1.85. The molecule has 5 nitrogen and oxygen atoms in total. The molecule has 2 saturated heterocycles. The number of likely N-dealkylation sites (tertiary alicyclic amines) is 1. The van der Waals surface area contributed by atoms with Gasteiger partial charge in [-0.15, -0.1) is 0 Å². The van der Waals surface area contributed by atoms with E-state index in [4.69, 9.17) is 9.15 Å². The Bertz CT molecular complexity index is 650. The number of para-hydroxylation sites is 1. The molecule has 1 aromatic carbocycles. The van der Waals surface area contributed by atoms with E-state index in [0.29, 0.717) is 18.7 Å². The van der Waals surface area contributed by atoms with Crippen LogP contribution in [0.15, 0.2) is 34.9 Å². The number of rotatable bonds is 1. The predicted molar refractivity (Wildman–Crippen MR) is 73.7 cm³/mol. The molecule has 0 bridgehead atoms. The first-order valence-corrected chi connectivity index (χ1v) is 6.88. The van der Waals surface area contributed by atoms with Crippen molar-refractivity contribution in [2.45, 2.75) is 5.60 Å². The van der Waals surface area contributed by atoms with Crippen LogP contribution >= 0.6 is 0 Å². The summed E-state index contributed by atoms with van der Waals surface area (Å²) in [5.74, 6) is 0.0229. The average molecular weight is 272 g/mol. The molecule has 4 rings (SSSR count). The van der Waals surface area contributed by atoms with Crippen molar-refractivity contribution in [2.24, 2.45) is 0 Å². The molecule has 1 spiro atoms. The van der Waals surface area contributed by atoms with Crippen molar-refractivity contribution < 1.29 is 13.9 Å². The summed E-state index contributed by atoms with van der Waals surface area (Å²) in [5, 5.41) is 4.20. The first-order valence-electron chi connectivity index (χ1n) is 6.88. The van der Waals surface area contributed by atoms with Crippen LogP contribution in [-0.2, 0) is 4.74 Å². The van der Waals surface area contributed by atoms with Crippen LogP contribution < -0.4 is 5.32 Å². The molecule has 2 aromatic rings. The van der Waals surface area contributed by atoms with Gasteiger partial charge in [-0.1, -0.05) is 18.2 Å². The Kier molecular flexibility index (Phi) is 2.58. The van der Waals surface area contributed by atoms with Gasteiger partial charge in [-0.3, -0.25) is 4.79 Å². The molecule has 0 radical (unpaired) electrons. The summed E-state index contributed by atoms with van der Waals surface area (Å²) in [6, 6.07) is 7.61. The van der Waals surface area contributed by atoms with E-state index in [2.05, 4.69) is 5.32 Å². The summed E-state index contributed by atoms with van der Waals surface area (Å²) < 4.78 is 11.2. The van der Waals surface area contributed by atoms with Gasteiger partial charge in [-0.05, 0) is 6.07 Å². The molecule has 2 aliphatic rings. The lowest BCUT2D eigenvalue weighted by Gasteiger charge is -2.51. The van der Waals surface area contributed by atoms with E-state index in [0.717, 1.165) is 30.7 Å². The number of hydrogen-bond donors (Lipinski definition) is 1. The standard InChI is InChI=1S/C15H16N2O3/c18-14(12-7-19-13-4-2-1-3-11(12)13)17-9-15(10-17)8-16-5-6-20-15/h1-4,7,16H,5-6,8-10H2. The number of nitrogens with zero attached hydrogens (tertiary/aromatic N) is 1. The maximum Gasteiger partial charge on any atom is 0.257 e. The van der Waals surface area contributed by atoms with Gasteiger partial charge in [0.2, 0.25) is 0 Å². The zero-order valence-corrected chi connectivity index (χ0v) is 11.1. The van der Waals surface area contributed by atoms with Crippen LogP contribution in [0, 0.1) is 0 Å². The second kappa shape index (κ2) is 4.33. The summed E-state index contributed by atoms with van der Waals surface area (Å²) in [5.41, 5.74) is 1.22. The summed E-state index contributed by atoms with van der Waals surface area (Å²) in [4.78, 5) is 14.3. The molecule has 104 valence electrons. The minimum Gasteiger partial charge on any atom is -0.463 e. The number of morpholine rings is 1. The quantitative estimate of drug-likeness (QED) is 0.849. The van der Waals surface area contributed by atoms with Gasteiger partial charge in [0.05, 0.1) is 25.3 Å². The Balaban J connectivity index is 1.54. The first kappa shape index (κ1) is 11.9. The zero-order chi connectivity index (χ0) is 13.6. The Morgan fingerprint density at radius 2 is 2.15 bits per heavy atom. The van der Waals surface area contributed by atoms with Crippen molar-refractivity contribution in [3.8, 4) is 0 Å². The smallest absolute Gasteiger partial charge is 0.257 e. The van der Waals surface area contributed by atoms with Crippen molar-refractivity contribution in [2.75, 3.05) is 32.8 Å². The minimum absolute atomic E-state index is 0.0229. The van der Waals surface area contributed by atoms with E-state index in [9.17, 15) is 4.79 Å². The molecule has 5 heteroatoms. The topological polar surface area (TPSA) is 54.7 Å². The van der Waals surface area contributed by atoms with Gasteiger partial charge in [0.15, 0.2) is 0 Å². The van der Waals surface area contributed by atoms with E-state index >= 15 is 0 Å². The molecule has 1 amide bonds. The van der Waals surface area contributed by atoms with Crippen LogP contribution in [0.4, 0.5) is 0 Å². The lowest BCUT2D eigenvalue weighted by molar-refractivity contribution is -0.142. The number of furan rings is 1. The number of ether oxygens (including phenoxy) is 1. The van der Waals surface area contributed by atoms with Crippen molar-refractivity contribution >= 4 is 16.9 Å². The van der Waals surface area contributed by atoms with Crippen LogP contribution in [0.25, 0.3) is 11.0 Å². The van der Waals surface area contributed by atoms with Crippen LogP contribution in [0.3, 0.4) is 0 Å². The summed E-state index contributed by atoms with van der Waals surface area (Å²) in [7, 11) is 0. The highest BCUT2D eigenvalue weighted by molar-refractivity contribution is 6.06. The Morgan fingerprint density at radius 3 is 2.95 bits per heavy atom. The molecule has 1 aromatic heterocycles. The number of amides is 1. The monoisotopic (exact) mass is 272 g/mol. The van der Waals surface area contributed by atoms with Gasteiger partial charge in [-0.2, -0.15) is 0 Å². The molecule has 1 N–H and O–H groups in total. The molecule has 0 unspecified atom stereocenters. The zero-order valence-electron chi connectivity index (χ0n) is 11.1. The third-order valence-electron chi connectivity index (χ3n) is 4.09. The van der Waals surface area contributed by atoms with Crippen molar-refractivity contribution in [3.63, 3.8) is 0 Å². The maximum atomic E-state index is 12.5. The summed E-state index contributed by atoms with van der Waals surface area (Å²) >= 11 is 0. The van der Waals surface area contributed by atoms with Crippen molar-refractivity contribution in [1.29, 1.82) is 0 Å². The molecule has 0 aliphatic carbocycles. The van der Waals surface area contributed by atoms with Crippen LogP contribution in [0.5, 0.6) is 0 Å². The highest BCUT2D eigenvalue weighted by atomic mass is 16.5. The van der Waals surface area contributed by atoms with Crippen molar-refractivity contribution in [3.05, 3.63) is 36.1 Å². The number of nitrogens with one attached hydrogen (secondary N) is 1. The fourth-order valence-electron chi connectivity index (χ4n) is 3.02. The molecule has 0 atom stereocenters. The lowest BCUT2D eigenvalue weighted by Crippen LogP contribution is -2.70. The molecule has 20 heavy (non-hydrogen) atoms. The molecular weight excluding hydrogens is 256 g/mol. The number of carbonyl (C=O) groups is 1. The molecule has 0 saturated carbocycles. The fraction of sp³-hybridized carbons (Fsp3) is 0.400. The van der Waals surface area contributed by atoms with Crippen LogP contribution in [0.2, 0.25) is 0 Å². The van der Waals surface area contributed by atoms with E-state index in [1.54, 1.807) is 6.26 Å². The predicted octanol–water partition coefficient (Wildman–Crippen LogP) is 1.25. The normalized spacial score (nSPS) is 21.1. The maximum absolute atomic E-state index is 12.5. The SMILES string of the molecule is O=C(c1coc2ccccc12)N1CC2(CNCCO2)C1. The van der Waals surface area contributed by atoms with Gasteiger partial charge >= 0.3 is 0 Å². The third kappa shape index (κ3) is 1.74. The molecule has 2 fully saturated rings. The third-order valence-corrected chi connectivity index (χ3v) is 4.09. The van der Waals surface area contributed by atoms with E-state index in [1.807, 2.05) is 29.2 Å². The van der Waals surface area contributed by atoms with Crippen molar-refractivity contribution in [1.82, 2.24) is 10.2 Å². The average Bonchev–Trinajstić information content (AvgIpc) is 2.89. The number of fused-ring (bicyclic) bond motifs is 1. The fourth-order valence-corrected chi connectivity index (χ4v) is 3.02. The van der Waals surface area contributed by atoms with Gasteiger partial charge in [0.1, 0.15) is 17.4 Å². The van der Waals surface area contributed by atoms with E-state index in [-0.39, 0.29) is 11.5 Å². The highest BCUT2D eigenvalue weighted by Crippen LogP contribution is 2.30. The number of benzene rings is 1. The first-order chi connectivity index (χ1) is 9.77. The second-order valence-corrected chi connectivity index (χ2v) is 5.52. The van der Waals surface area contributed by atoms with Gasteiger partial charge in [0, 0.05) is 18.5 Å². The molecular formula is C15H16N2O3. The van der Waals surface area contributed by atoms with Gasteiger partial charge in [0.25, 0.3) is 5.91 Å². The minimum atomic E-state index is -0.173. The van der Waals surface area contributed by atoms with E-state index in [1.165, 1.54) is 0 Å².